The number of carbonyl (C=O) groups excluding carboxylic acids is 1. The number of amides is 1. The Bertz CT molecular complexity index is 762. The van der Waals surface area contributed by atoms with E-state index in [1.165, 1.54) is 0 Å². The molecule has 1 amide bonds. The van der Waals surface area contributed by atoms with Crippen LogP contribution in [0.1, 0.15) is 42.9 Å². The van der Waals surface area contributed by atoms with Gasteiger partial charge in [0, 0.05) is 36.5 Å². The van der Waals surface area contributed by atoms with Crippen molar-refractivity contribution in [1.29, 1.82) is 0 Å². The summed E-state index contributed by atoms with van der Waals surface area (Å²) in [5, 5.41) is 1.05. The van der Waals surface area contributed by atoms with Gasteiger partial charge in [-0.3, -0.25) is 9.59 Å². The first-order valence-corrected chi connectivity index (χ1v) is 8.29. The van der Waals surface area contributed by atoms with Gasteiger partial charge in [-0.25, -0.2) is 0 Å². The number of nitrogens with zero attached hydrogens (tertiary/aromatic N) is 1. The van der Waals surface area contributed by atoms with Crippen LogP contribution in [0.15, 0.2) is 23.0 Å². The Labute approximate surface area is 137 Å². The van der Waals surface area contributed by atoms with Crippen molar-refractivity contribution in [3.63, 3.8) is 0 Å². The van der Waals surface area contributed by atoms with E-state index in [0.717, 1.165) is 41.4 Å². The highest BCUT2D eigenvalue weighted by Crippen LogP contribution is 2.18. The Morgan fingerprint density at radius 3 is 2.65 bits per heavy atom. The zero-order valence-electron chi connectivity index (χ0n) is 14.5. The van der Waals surface area contributed by atoms with Gasteiger partial charge in [-0.1, -0.05) is 19.4 Å². The lowest BCUT2D eigenvalue weighted by Crippen LogP contribution is -2.28. The van der Waals surface area contributed by atoms with Crippen LogP contribution >= 0.6 is 0 Å². The van der Waals surface area contributed by atoms with E-state index < -0.39 is 0 Å². The van der Waals surface area contributed by atoms with Gasteiger partial charge >= 0.3 is 0 Å². The van der Waals surface area contributed by atoms with Crippen molar-refractivity contribution in [2.45, 2.75) is 46.5 Å². The van der Waals surface area contributed by atoms with E-state index in [4.69, 9.17) is 0 Å². The summed E-state index contributed by atoms with van der Waals surface area (Å²) in [5.41, 5.74) is 3.73. The molecule has 4 heteroatoms. The van der Waals surface area contributed by atoms with Crippen molar-refractivity contribution in [3.05, 3.63) is 45.2 Å². The quantitative estimate of drug-likeness (QED) is 0.889. The number of hydrogen-bond donors (Lipinski definition) is 1. The van der Waals surface area contributed by atoms with Gasteiger partial charge in [0.1, 0.15) is 0 Å². The third kappa shape index (κ3) is 4.21. The van der Waals surface area contributed by atoms with Gasteiger partial charge < -0.3 is 9.88 Å². The molecule has 0 spiro atoms. The van der Waals surface area contributed by atoms with Gasteiger partial charge in [0.25, 0.3) is 5.56 Å². The van der Waals surface area contributed by atoms with Crippen molar-refractivity contribution in [2.75, 3.05) is 13.6 Å². The number of unbranched alkanes of at least 4 members (excludes halogenated alkanes) is 1. The first-order valence-electron chi connectivity index (χ1n) is 8.29. The maximum atomic E-state index is 12.2. The Balaban J connectivity index is 2.16. The number of hydrogen-bond acceptors (Lipinski definition) is 2. The first kappa shape index (κ1) is 17.3. The highest BCUT2D eigenvalue weighted by atomic mass is 16.2. The monoisotopic (exact) mass is 314 g/mol. The molecule has 0 atom stereocenters. The SMILES string of the molecule is CCCCN(C)C(=O)CCc1cc2c(C)cc(C)cc2[nH]c1=O. The zero-order chi connectivity index (χ0) is 17.0. The highest BCUT2D eigenvalue weighted by molar-refractivity contribution is 5.83. The number of benzene rings is 1. The molecule has 1 aromatic carbocycles. The summed E-state index contributed by atoms with van der Waals surface area (Å²) >= 11 is 0. The summed E-state index contributed by atoms with van der Waals surface area (Å²) in [6.07, 6.45) is 2.94. The summed E-state index contributed by atoms with van der Waals surface area (Å²) < 4.78 is 0. The van der Waals surface area contributed by atoms with E-state index in [9.17, 15) is 9.59 Å². The molecular formula is C19H26N2O2. The molecule has 0 unspecified atom stereocenters. The lowest BCUT2D eigenvalue weighted by Gasteiger charge is -2.16. The number of fused-ring (bicyclic) bond motifs is 1. The lowest BCUT2D eigenvalue weighted by molar-refractivity contribution is -0.129. The molecule has 0 bridgehead atoms. The van der Waals surface area contributed by atoms with Crippen molar-refractivity contribution < 1.29 is 4.79 Å². The normalized spacial score (nSPS) is 11.0. The van der Waals surface area contributed by atoms with Gasteiger partial charge in [-0.2, -0.15) is 0 Å². The van der Waals surface area contributed by atoms with E-state index in [1.54, 1.807) is 4.90 Å². The second-order valence-electron chi connectivity index (χ2n) is 6.34. The first-order chi connectivity index (χ1) is 10.9. The molecule has 23 heavy (non-hydrogen) atoms. The summed E-state index contributed by atoms with van der Waals surface area (Å²) in [6, 6.07) is 6.02. The molecule has 124 valence electrons. The molecule has 0 saturated heterocycles. The molecular weight excluding hydrogens is 288 g/mol. The number of aromatic amines is 1. The fraction of sp³-hybridized carbons (Fsp3) is 0.474. The molecule has 2 rings (SSSR count). The molecule has 0 aliphatic heterocycles. The van der Waals surface area contributed by atoms with E-state index >= 15 is 0 Å². The number of carbonyl (C=O) groups is 1. The molecule has 1 heterocycles. The van der Waals surface area contributed by atoms with E-state index in [2.05, 4.69) is 18.0 Å². The molecule has 2 aromatic rings. The van der Waals surface area contributed by atoms with Crippen molar-refractivity contribution >= 4 is 16.8 Å². The predicted molar refractivity (Wildman–Crippen MR) is 94.9 cm³/mol. The Hall–Kier alpha value is -2.10. The number of H-pyrrole nitrogens is 1. The highest BCUT2D eigenvalue weighted by Gasteiger charge is 2.11. The van der Waals surface area contributed by atoms with Crippen LogP contribution in [0.5, 0.6) is 0 Å². The fourth-order valence-electron chi connectivity index (χ4n) is 2.85. The largest absolute Gasteiger partial charge is 0.346 e. The Kier molecular flexibility index (Phi) is 5.59. The second-order valence-corrected chi connectivity index (χ2v) is 6.34. The average molecular weight is 314 g/mol. The molecule has 4 nitrogen and oxygen atoms in total. The average Bonchev–Trinajstić information content (AvgIpc) is 2.50. The maximum Gasteiger partial charge on any atom is 0.251 e. The van der Waals surface area contributed by atoms with Crippen LogP contribution in [0.2, 0.25) is 0 Å². The molecule has 1 N–H and O–H groups in total. The topological polar surface area (TPSA) is 53.2 Å². The number of rotatable bonds is 6. The third-order valence-corrected chi connectivity index (χ3v) is 4.27. The molecule has 0 fully saturated rings. The molecule has 0 saturated carbocycles. The van der Waals surface area contributed by atoms with E-state index in [1.807, 2.05) is 33.0 Å². The summed E-state index contributed by atoms with van der Waals surface area (Å²) in [5.74, 6) is 0.0959. The van der Waals surface area contributed by atoms with Crippen LogP contribution in [-0.2, 0) is 11.2 Å². The van der Waals surface area contributed by atoms with Crippen LogP contribution in [0.25, 0.3) is 10.9 Å². The van der Waals surface area contributed by atoms with Gasteiger partial charge in [0.2, 0.25) is 5.91 Å². The number of aryl methyl sites for hydroxylation is 3. The minimum absolute atomic E-state index is 0.0912. The molecule has 0 aliphatic rings. The second kappa shape index (κ2) is 7.44. The maximum absolute atomic E-state index is 12.2. The van der Waals surface area contributed by atoms with Crippen LogP contribution in [0.4, 0.5) is 0 Å². The number of aromatic nitrogens is 1. The summed E-state index contributed by atoms with van der Waals surface area (Å²) in [7, 11) is 1.83. The zero-order valence-corrected chi connectivity index (χ0v) is 14.5. The van der Waals surface area contributed by atoms with Crippen molar-refractivity contribution in [1.82, 2.24) is 9.88 Å². The Morgan fingerprint density at radius 1 is 1.22 bits per heavy atom. The van der Waals surface area contributed by atoms with Crippen molar-refractivity contribution in [2.24, 2.45) is 0 Å². The molecule has 1 aromatic heterocycles. The minimum atomic E-state index is -0.0912. The summed E-state index contributed by atoms with van der Waals surface area (Å²) in [4.78, 5) is 29.1. The molecule has 0 aliphatic carbocycles. The minimum Gasteiger partial charge on any atom is -0.346 e. The van der Waals surface area contributed by atoms with Crippen LogP contribution < -0.4 is 5.56 Å². The van der Waals surface area contributed by atoms with Gasteiger partial charge in [0.15, 0.2) is 0 Å². The Morgan fingerprint density at radius 2 is 1.96 bits per heavy atom. The fourth-order valence-corrected chi connectivity index (χ4v) is 2.85. The lowest BCUT2D eigenvalue weighted by atomic mass is 10.0. The van der Waals surface area contributed by atoms with Crippen LogP contribution in [-0.4, -0.2) is 29.4 Å². The molecule has 0 radical (unpaired) electrons. The number of nitrogens with one attached hydrogen (secondary N) is 1. The van der Waals surface area contributed by atoms with Crippen molar-refractivity contribution in [3.8, 4) is 0 Å². The third-order valence-electron chi connectivity index (χ3n) is 4.27. The van der Waals surface area contributed by atoms with Gasteiger partial charge in [-0.05, 0) is 49.9 Å². The standard InChI is InChI=1S/C19H26N2O2/c1-5-6-9-21(4)18(22)8-7-15-12-16-14(3)10-13(2)11-17(16)20-19(15)23/h10-12H,5-9H2,1-4H3,(H,20,23). The van der Waals surface area contributed by atoms with Gasteiger partial charge in [0.05, 0.1) is 0 Å². The van der Waals surface area contributed by atoms with Crippen LogP contribution in [0.3, 0.4) is 0 Å². The van der Waals surface area contributed by atoms with Gasteiger partial charge in [-0.15, -0.1) is 0 Å². The van der Waals surface area contributed by atoms with Crippen LogP contribution in [0, 0.1) is 13.8 Å². The van der Waals surface area contributed by atoms with E-state index in [-0.39, 0.29) is 11.5 Å². The predicted octanol–water partition coefficient (Wildman–Crippen LogP) is 3.34. The number of pyridine rings is 1. The van der Waals surface area contributed by atoms with E-state index in [0.29, 0.717) is 18.4 Å². The summed E-state index contributed by atoms with van der Waals surface area (Å²) in [6.45, 7) is 6.95. The smallest absolute Gasteiger partial charge is 0.251 e.